The van der Waals surface area contributed by atoms with E-state index >= 15 is 0 Å². The number of nitrogens with zero attached hydrogens (tertiary/aromatic N) is 1. The maximum Gasteiger partial charge on any atom is 0.418 e. The number of carbonyl (C=O) groups is 1. The fraction of sp³-hybridized carbons (Fsp3) is 0.174. The molecule has 1 atom stereocenters. The molecule has 0 spiro atoms. The Morgan fingerprint density at radius 2 is 1.63 bits per heavy atom. The van der Waals surface area contributed by atoms with Crippen molar-refractivity contribution in [2.24, 2.45) is 0 Å². The average molecular weight is 413 g/mol. The highest BCUT2D eigenvalue weighted by Gasteiger charge is 2.37. The van der Waals surface area contributed by atoms with Gasteiger partial charge < -0.3 is 9.47 Å². The first-order valence-corrected chi connectivity index (χ1v) is 9.33. The van der Waals surface area contributed by atoms with E-state index in [0.717, 1.165) is 11.0 Å². The minimum atomic E-state index is -4.66. The van der Waals surface area contributed by atoms with Crippen LogP contribution in [0, 0.1) is 0 Å². The van der Waals surface area contributed by atoms with Crippen molar-refractivity contribution in [1.82, 2.24) is 0 Å². The predicted molar refractivity (Wildman–Crippen MR) is 106 cm³/mol. The summed E-state index contributed by atoms with van der Waals surface area (Å²) in [5, 5.41) is 0. The topological polar surface area (TPSA) is 42.1 Å². The van der Waals surface area contributed by atoms with Crippen molar-refractivity contribution in [3.05, 3.63) is 90.0 Å². The lowest BCUT2D eigenvalue weighted by Crippen LogP contribution is -2.28. The SMILES string of the molecule is O=C(c1ccccc1)N(c1ccccc1)c1cc(OCC2CO2)ccc1C(F)(F)F. The lowest BCUT2D eigenvalue weighted by Gasteiger charge is -2.27. The molecule has 0 saturated carbocycles. The molecule has 0 aliphatic carbocycles. The Labute approximate surface area is 171 Å². The monoisotopic (exact) mass is 413 g/mol. The van der Waals surface area contributed by atoms with E-state index in [1.165, 1.54) is 12.1 Å². The summed E-state index contributed by atoms with van der Waals surface area (Å²) in [4.78, 5) is 14.4. The molecule has 3 aromatic rings. The van der Waals surface area contributed by atoms with E-state index in [9.17, 15) is 18.0 Å². The minimum absolute atomic E-state index is 0.0491. The van der Waals surface area contributed by atoms with Crippen molar-refractivity contribution in [3.8, 4) is 5.75 Å². The molecule has 154 valence electrons. The average Bonchev–Trinajstić information content (AvgIpc) is 3.58. The van der Waals surface area contributed by atoms with Gasteiger partial charge in [0.15, 0.2) is 0 Å². The van der Waals surface area contributed by atoms with Crippen LogP contribution in [0.15, 0.2) is 78.9 Å². The largest absolute Gasteiger partial charge is 0.491 e. The van der Waals surface area contributed by atoms with Gasteiger partial charge in [0.1, 0.15) is 18.5 Å². The highest BCUT2D eigenvalue weighted by Crippen LogP contribution is 2.41. The Morgan fingerprint density at radius 1 is 1.00 bits per heavy atom. The predicted octanol–water partition coefficient (Wildman–Crippen LogP) is 5.46. The second-order valence-corrected chi connectivity index (χ2v) is 6.79. The minimum Gasteiger partial charge on any atom is -0.491 e. The number of halogens is 3. The van der Waals surface area contributed by atoms with E-state index in [1.807, 2.05) is 0 Å². The molecule has 1 aliphatic heterocycles. The van der Waals surface area contributed by atoms with E-state index in [-0.39, 0.29) is 29.7 Å². The molecular weight excluding hydrogens is 395 g/mol. The van der Waals surface area contributed by atoms with Gasteiger partial charge >= 0.3 is 6.18 Å². The maximum absolute atomic E-state index is 13.8. The number of rotatable bonds is 6. The van der Waals surface area contributed by atoms with E-state index < -0.39 is 17.6 Å². The molecule has 0 radical (unpaired) electrons. The first-order chi connectivity index (χ1) is 14.4. The van der Waals surface area contributed by atoms with E-state index in [4.69, 9.17) is 9.47 Å². The molecule has 0 N–H and O–H groups in total. The van der Waals surface area contributed by atoms with Crippen LogP contribution < -0.4 is 9.64 Å². The first-order valence-electron chi connectivity index (χ1n) is 9.33. The smallest absolute Gasteiger partial charge is 0.418 e. The summed E-state index contributed by atoms with van der Waals surface area (Å²) in [7, 11) is 0. The van der Waals surface area contributed by atoms with Crippen LogP contribution in [0.3, 0.4) is 0 Å². The third-order valence-corrected chi connectivity index (χ3v) is 4.59. The van der Waals surface area contributed by atoms with E-state index in [0.29, 0.717) is 12.3 Å². The fourth-order valence-electron chi connectivity index (χ4n) is 3.03. The number of amides is 1. The lowest BCUT2D eigenvalue weighted by molar-refractivity contribution is -0.137. The summed E-state index contributed by atoms with van der Waals surface area (Å²) in [6, 6.07) is 19.9. The molecule has 1 amide bonds. The second kappa shape index (κ2) is 8.20. The van der Waals surface area contributed by atoms with Gasteiger partial charge in [-0.3, -0.25) is 9.69 Å². The number of para-hydroxylation sites is 1. The zero-order valence-corrected chi connectivity index (χ0v) is 15.8. The summed E-state index contributed by atoms with van der Waals surface area (Å²) < 4.78 is 52.2. The van der Waals surface area contributed by atoms with Crippen LogP contribution >= 0.6 is 0 Å². The quantitative estimate of drug-likeness (QED) is 0.504. The number of epoxide rings is 1. The molecule has 0 aromatic heterocycles. The van der Waals surface area contributed by atoms with Gasteiger partial charge in [0.2, 0.25) is 0 Å². The molecule has 1 aliphatic rings. The zero-order chi connectivity index (χ0) is 21.1. The number of ether oxygens (including phenoxy) is 2. The summed E-state index contributed by atoms with van der Waals surface area (Å²) in [5.74, 6) is -0.342. The zero-order valence-electron chi connectivity index (χ0n) is 15.8. The van der Waals surface area contributed by atoms with Crippen molar-refractivity contribution < 1.29 is 27.4 Å². The van der Waals surface area contributed by atoms with Gasteiger partial charge in [0, 0.05) is 17.3 Å². The number of benzene rings is 3. The van der Waals surface area contributed by atoms with Gasteiger partial charge in [-0.15, -0.1) is 0 Å². The van der Waals surface area contributed by atoms with Crippen LogP contribution in [0.25, 0.3) is 0 Å². The molecule has 30 heavy (non-hydrogen) atoms. The standard InChI is InChI=1S/C23H18F3NO3/c24-23(25,26)20-12-11-18(29-14-19-15-30-19)13-21(20)27(17-9-5-2-6-10-17)22(28)16-7-3-1-4-8-16/h1-13,19H,14-15H2. The van der Waals surface area contributed by atoms with Crippen molar-refractivity contribution in [2.45, 2.75) is 12.3 Å². The number of alkyl halides is 3. The third kappa shape index (κ3) is 4.46. The highest BCUT2D eigenvalue weighted by atomic mass is 19.4. The molecule has 1 saturated heterocycles. The summed E-state index contributed by atoms with van der Waals surface area (Å²) in [6.07, 6.45) is -4.70. The van der Waals surface area contributed by atoms with Crippen molar-refractivity contribution in [3.63, 3.8) is 0 Å². The Bertz CT molecular complexity index is 1020. The molecule has 1 fully saturated rings. The van der Waals surface area contributed by atoms with Crippen LogP contribution in [-0.4, -0.2) is 25.2 Å². The van der Waals surface area contributed by atoms with Crippen LogP contribution in [0.5, 0.6) is 5.75 Å². The molecule has 3 aromatic carbocycles. The van der Waals surface area contributed by atoms with E-state index in [2.05, 4.69) is 0 Å². The van der Waals surface area contributed by atoms with Crippen LogP contribution in [0.2, 0.25) is 0 Å². The highest BCUT2D eigenvalue weighted by molar-refractivity contribution is 6.11. The molecule has 1 heterocycles. The summed E-state index contributed by atoms with van der Waals surface area (Å²) in [6.45, 7) is 0.804. The number of anilines is 2. The lowest BCUT2D eigenvalue weighted by atomic mass is 10.1. The van der Waals surface area contributed by atoms with Crippen LogP contribution in [0.4, 0.5) is 24.5 Å². The van der Waals surface area contributed by atoms with Crippen molar-refractivity contribution in [1.29, 1.82) is 0 Å². The Balaban J connectivity index is 1.83. The maximum atomic E-state index is 13.8. The van der Waals surface area contributed by atoms with Gasteiger partial charge in [0.05, 0.1) is 17.9 Å². The van der Waals surface area contributed by atoms with E-state index in [1.54, 1.807) is 60.7 Å². The third-order valence-electron chi connectivity index (χ3n) is 4.59. The Kier molecular flexibility index (Phi) is 5.46. The fourth-order valence-corrected chi connectivity index (χ4v) is 3.03. The molecule has 0 bridgehead atoms. The summed E-state index contributed by atoms with van der Waals surface area (Å²) in [5.41, 5.74) is -0.630. The Morgan fingerprint density at radius 3 is 2.23 bits per heavy atom. The van der Waals surface area contributed by atoms with Gasteiger partial charge in [-0.05, 0) is 36.4 Å². The van der Waals surface area contributed by atoms with Crippen LogP contribution in [-0.2, 0) is 10.9 Å². The van der Waals surface area contributed by atoms with Crippen molar-refractivity contribution >= 4 is 17.3 Å². The first kappa shape index (κ1) is 20.0. The number of hydrogen-bond acceptors (Lipinski definition) is 3. The van der Waals surface area contributed by atoms with Gasteiger partial charge in [0.25, 0.3) is 5.91 Å². The van der Waals surface area contributed by atoms with Crippen LogP contribution in [0.1, 0.15) is 15.9 Å². The molecule has 7 heteroatoms. The van der Waals surface area contributed by atoms with Gasteiger partial charge in [-0.1, -0.05) is 36.4 Å². The number of carbonyl (C=O) groups excluding carboxylic acids is 1. The van der Waals surface area contributed by atoms with Gasteiger partial charge in [-0.2, -0.15) is 13.2 Å². The molecule has 4 nitrogen and oxygen atoms in total. The molecule has 1 unspecified atom stereocenters. The second-order valence-electron chi connectivity index (χ2n) is 6.79. The van der Waals surface area contributed by atoms with Crippen molar-refractivity contribution in [2.75, 3.05) is 18.1 Å². The molecular formula is C23H18F3NO3. The van der Waals surface area contributed by atoms with Gasteiger partial charge in [-0.25, -0.2) is 0 Å². The normalized spacial score (nSPS) is 15.5. The Hall–Kier alpha value is -3.32. The number of hydrogen-bond donors (Lipinski definition) is 0. The summed E-state index contributed by atoms with van der Waals surface area (Å²) >= 11 is 0. The molecule has 4 rings (SSSR count).